The van der Waals surface area contributed by atoms with Crippen molar-refractivity contribution in [2.75, 3.05) is 6.54 Å². The molecule has 0 saturated carbocycles. The zero-order chi connectivity index (χ0) is 25.8. The maximum absolute atomic E-state index is 13.3. The van der Waals surface area contributed by atoms with Crippen molar-refractivity contribution in [2.24, 2.45) is 22.2 Å². The van der Waals surface area contributed by atoms with Crippen LogP contribution in [0.3, 0.4) is 0 Å². The van der Waals surface area contributed by atoms with Crippen LogP contribution < -0.4 is 27.8 Å². The number of amides is 2. The Hall–Kier alpha value is -3.99. The van der Waals surface area contributed by atoms with Crippen LogP contribution in [0.4, 0.5) is 4.39 Å². The van der Waals surface area contributed by atoms with Gasteiger partial charge in [-0.1, -0.05) is 42.5 Å². The molecule has 3 atom stereocenters. The Balaban J connectivity index is 2.11. The van der Waals surface area contributed by atoms with Gasteiger partial charge in [-0.25, -0.2) is 9.18 Å². The fourth-order valence-electron chi connectivity index (χ4n) is 3.32. The summed E-state index contributed by atoms with van der Waals surface area (Å²) < 4.78 is 13.3. The molecule has 188 valence electrons. The van der Waals surface area contributed by atoms with Crippen LogP contribution in [-0.2, 0) is 27.2 Å². The molecule has 0 radical (unpaired) electrons. The van der Waals surface area contributed by atoms with Crippen molar-refractivity contribution >= 4 is 23.7 Å². The molecule has 11 heteroatoms. The van der Waals surface area contributed by atoms with Gasteiger partial charge in [0.1, 0.15) is 17.9 Å². The molecule has 35 heavy (non-hydrogen) atoms. The zero-order valence-corrected chi connectivity index (χ0v) is 19.2. The number of rotatable bonds is 13. The van der Waals surface area contributed by atoms with Gasteiger partial charge in [0.15, 0.2) is 5.96 Å². The summed E-state index contributed by atoms with van der Waals surface area (Å²) in [4.78, 5) is 41.3. The van der Waals surface area contributed by atoms with Gasteiger partial charge in [-0.2, -0.15) is 0 Å². The minimum Gasteiger partial charge on any atom is -0.480 e. The van der Waals surface area contributed by atoms with E-state index in [1.807, 2.05) is 0 Å². The summed E-state index contributed by atoms with van der Waals surface area (Å²) in [5, 5.41) is 14.7. The van der Waals surface area contributed by atoms with Crippen molar-refractivity contribution in [3.05, 3.63) is 71.5 Å². The smallest absolute Gasteiger partial charge is 0.326 e. The molecular formula is C24H31FN6O4. The third kappa shape index (κ3) is 9.80. The highest BCUT2D eigenvalue weighted by Gasteiger charge is 2.28. The monoisotopic (exact) mass is 486 g/mol. The van der Waals surface area contributed by atoms with E-state index in [4.69, 9.17) is 17.2 Å². The third-order valence-electron chi connectivity index (χ3n) is 5.19. The average Bonchev–Trinajstić information content (AvgIpc) is 2.82. The lowest BCUT2D eigenvalue weighted by Gasteiger charge is -2.23. The van der Waals surface area contributed by atoms with Gasteiger partial charge in [0, 0.05) is 19.4 Å². The van der Waals surface area contributed by atoms with E-state index in [0.717, 1.165) is 5.56 Å². The number of nitrogens with one attached hydrogen (secondary N) is 2. The highest BCUT2D eigenvalue weighted by molar-refractivity contribution is 5.92. The molecule has 2 aromatic rings. The first-order valence-corrected chi connectivity index (χ1v) is 11.1. The highest BCUT2D eigenvalue weighted by atomic mass is 19.1. The van der Waals surface area contributed by atoms with E-state index in [1.165, 1.54) is 24.3 Å². The SMILES string of the molecule is NC(N)=NCCC[C@H](N)C(=O)N[C@@H](Cc1ccc(F)cc1)C(=O)N[C@@H](Cc1ccccc1)C(=O)O. The average molecular weight is 487 g/mol. The number of carbonyl (C=O) groups is 3. The van der Waals surface area contributed by atoms with E-state index in [9.17, 15) is 23.9 Å². The summed E-state index contributed by atoms with van der Waals surface area (Å²) in [5.41, 5.74) is 17.8. The Bertz CT molecular complexity index is 1010. The molecule has 0 aliphatic rings. The number of carbonyl (C=O) groups excluding carboxylic acids is 2. The van der Waals surface area contributed by atoms with E-state index >= 15 is 0 Å². The summed E-state index contributed by atoms with van der Waals surface area (Å²) in [6, 6.07) is 11.0. The largest absolute Gasteiger partial charge is 0.480 e. The molecule has 0 fully saturated rings. The van der Waals surface area contributed by atoms with Crippen LogP contribution in [0.25, 0.3) is 0 Å². The van der Waals surface area contributed by atoms with Gasteiger partial charge in [0.25, 0.3) is 0 Å². The molecule has 10 nitrogen and oxygen atoms in total. The van der Waals surface area contributed by atoms with E-state index in [2.05, 4.69) is 15.6 Å². The molecule has 0 saturated heterocycles. The van der Waals surface area contributed by atoms with Crippen LogP contribution in [-0.4, -0.2) is 53.5 Å². The van der Waals surface area contributed by atoms with Gasteiger partial charge in [-0.3, -0.25) is 14.6 Å². The maximum atomic E-state index is 13.3. The lowest BCUT2D eigenvalue weighted by atomic mass is 10.0. The van der Waals surface area contributed by atoms with Gasteiger partial charge in [0.05, 0.1) is 6.04 Å². The molecule has 0 heterocycles. The first kappa shape index (κ1) is 27.3. The van der Waals surface area contributed by atoms with Crippen LogP contribution in [0.15, 0.2) is 59.6 Å². The first-order chi connectivity index (χ1) is 16.7. The zero-order valence-electron chi connectivity index (χ0n) is 19.2. The fourth-order valence-corrected chi connectivity index (χ4v) is 3.32. The number of aliphatic imine (C=N–C) groups is 1. The second-order valence-electron chi connectivity index (χ2n) is 8.04. The number of nitrogens with two attached hydrogens (primary N) is 3. The predicted molar refractivity (Wildman–Crippen MR) is 130 cm³/mol. The number of nitrogens with zero attached hydrogens (tertiary/aromatic N) is 1. The molecule has 2 amide bonds. The lowest BCUT2D eigenvalue weighted by molar-refractivity contribution is -0.142. The molecule has 0 unspecified atom stereocenters. The standard InChI is InChI=1S/C24H31FN6O4/c25-17-10-8-16(9-11-17)13-19(30-21(32)18(26)7-4-12-29-24(27)28)22(33)31-20(23(34)35)14-15-5-2-1-3-6-15/h1-3,5-6,8-11,18-20H,4,7,12-14,26H2,(H,30,32)(H,31,33)(H,34,35)(H4,27,28,29)/t18-,19-,20-/m0/s1. The van der Waals surface area contributed by atoms with Gasteiger partial charge in [-0.05, 0) is 36.1 Å². The molecule has 0 aliphatic heterocycles. The highest BCUT2D eigenvalue weighted by Crippen LogP contribution is 2.09. The van der Waals surface area contributed by atoms with Crippen LogP contribution in [0.5, 0.6) is 0 Å². The Morgan fingerprint density at radius 3 is 2.06 bits per heavy atom. The predicted octanol–water partition coefficient (Wildman–Crippen LogP) is 0.0460. The number of benzene rings is 2. The normalized spacial score (nSPS) is 13.2. The molecule has 0 bridgehead atoms. The lowest BCUT2D eigenvalue weighted by Crippen LogP contribution is -2.55. The van der Waals surface area contributed by atoms with E-state index in [0.29, 0.717) is 18.5 Å². The number of hydrogen-bond donors (Lipinski definition) is 6. The second kappa shape index (κ2) is 13.7. The first-order valence-electron chi connectivity index (χ1n) is 11.1. The molecule has 0 aromatic heterocycles. The van der Waals surface area contributed by atoms with Crippen molar-refractivity contribution in [1.29, 1.82) is 0 Å². The van der Waals surface area contributed by atoms with E-state index < -0.39 is 41.7 Å². The number of carboxylic acids is 1. The van der Waals surface area contributed by atoms with E-state index in [1.54, 1.807) is 30.3 Å². The molecular weight excluding hydrogens is 455 g/mol. The molecule has 0 spiro atoms. The molecule has 2 rings (SSSR count). The fraction of sp³-hybridized carbons (Fsp3) is 0.333. The molecule has 9 N–H and O–H groups in total. The van der Waals surface area contributed by atoms with Crippen LogP contribution in [0, 0.1) is 5.82 Å². The number of hydrogen-bond acceptors (Lipinski definition) is 5. The number of guanidine groups is 1. The maximum Gasteiger partial charge on any atom is 0.326 e. The summed E-state index contributed by atoms with van der Waals surface area (Å²) in [7, 11) is 0. The number of halogens is 1. The van der Waals surface area contributed by atoms with Gasteiger partial charge < -0.3 is 32.9 Å². The van der Waals surface area contributed by atoms with Gasteiger partial charge in [0.2, 0.25) is 11.8 Å². The van der Waals surface area contributed by atoms with Crippen LogP contribution >= 0.6 is 0 Å². The Morgan fingerprint density at radius 1 is 0.886 bits per heavy atom. The summed E-state index contributed by atoms with van der Waals surface area (Å²) in [6.07, 6.45) is 0.776. The minimum absolute atomic E-state index is 0.0102. The Kier molecular flexibility index (Phi) is 10.6. The quantitative estimate of drug-likeness (QED) is 0.131. The third-order valence-corrected chi connectivity index (χ3v) is 5.19. The Morgan fingerprint density at radius 2 is 1.46 bits per heavy atom. The van der Waals surface area contributed by atoms with Crippen LogP contribution in [0.1, 0.15) is 24.0 Å². The van der Waals surface area contributed by atoms with Crippen molar-refractivity contribution in [3.63, 3.8) is 0 Å². The van der Waals surface area contributed by atoms with Crippen molar-refractivity contribution in [2.45, 2.75) is 43.8 Å². The number of aliphatic carboxylic acids is 1. The molecule has 2 aromatic carbocycles. The Labute approximate surface area is 202 Å². The minimum atomic E-state index is -1.22. The van der Waals surface area contributed by atoms with Crippen molar-refractivity contribution in [3.8, 4) is 0 Å². The summed E-state index contributed by atoms with van der Waals surface area (Å²) >= 11 is 0. The topological polar surface area (TPSA) is 186 Å². The van der Waals surface area contributed by atoms with Crippen LogP contribution in [0.2, 0.25) is 0 Å². The van der Waals surface area contributed by atoms with Crippen molar-refractivity contribution in [1.82, 2.24) is 10.6 Å². The number of carboxylic acid groups (broad SMARTS) is 1. The van der Waals surface area contributed by atoms with E-state index in [-0.39, 0.29) is 25.2 Å². The molecule has 0 aliphatic carbocycles. The van der Waals surface area contributed by atoms with Gasteiger partial charge in [-0.15, -0.1) is 0 Å². The second-order valence-corrected chi connectivity index (χ2v) is 8.04. The van der Waals surface area contributed by atoms with Gasteiger partial charge >= 0.3 is 5.97 Å². The van der Waals surface area contributed by atoms with Crippen molar-refractivity contribution < 1.29 is 23.9 Å². The summed E-state index contributed by atoms with van der Waals surface area (Å²) in [5.74, 6) is -3.02. The summed E-state index contributed by atoms with van der Waals surface area (Å²) in [6.45, 7) is 0.294.